The number of nitrogens with two attached hydrogens (primary N) is 2. The Hall–Kier alpha value is -1.31. The van der Waals surface area contributed by atoms with E-state index in [1.807, 2.05) is 12.1 Å². The molecule has 3 fully saturated rings. The lowest BCUT2D eigenvalue weighted by molar-refractivity contribution is 0.133. The van der Waals surface area contributed by atoms with Gasteiger partial charge in [0.25, 0.3) is 0 Å². The Balaban J connectivity index is 1.76. The summed E-state index contributed by atoms with van der Waals surface area (Å²) in [6.07, 6.45) is 10.8. The van der Waals surface area contributed by atoms with Gasteiger partial charge in [0.2, 0.25) is 5.96 Å². The van der Waals surface area contributed by atoms with Gasteiger partial charge in [0.1, 0.15) is 5.82 Å². The predicted octanol–water partition coefficient (Wildman–Crippen LogP) is 1.89. The largest absolute Gasteiger partial charge is 0.292 e. The molecule has 0 amide bonds. The Morgan fingerprint density at radius 3 is 2.52 bits per heavy atom. The van der Waals surface area contributed by atoms with E-state index in [0.29, 0.717) is 29.9 Å². The Labute approximate surface area is 152 Å². The zero-order valence-corrected chi connectivity index (χ0v) is 15.8. The van der Waals surface area contributed by atoms with Crippen molar-refractivity contribution < 1.29 is 0 Å². The van der Waals surface area contributed by atoms with Gasteiger partial charge in [-0.25, -0.2) is 17.1 Å². The average molecular weight is 350 g/mol. The van der Waals surface area contributed by atoms with Crippen LogP contribution in [0.5, 0.6) is 0 Å². The minimum atomic E-state index is 0.317. The molecule has 3 rings (SSSR count). The summed E-state index contributed by atoms with van der Waals surface area (Å²) in [5, 5.41) is 5.71. The van der Waals surface area contributed by atoms with Gasteiger partial charge in [0.15, 0.2) is 0 Å². The fourth-order valence-electron chi connectivity index (χ4n) is 4.91. The molecule has 1 aliphatic heterocycles. The number of fused-ring (bicyclic) bond motifs is 1. The molecule has 4 atom stereocenters. The molecular formula is C18H35N7. The van der Waals surface area contributed by atoms with Crippen molar-refractivity contribution in [3.05, 3.63) is 12.4 Å². The van der Waals surface area contributed by atoms with Gasteiger partial charge in [-0.3, -0.25) is 15.0 Å². The second-order valence-electron chi connectivity index (χ2n) is 7.68. The first-order valence-corrected chi connectivity index (χ1v) is 9.90. The van der Waals surface area contributed by atoms with E-state index < -0.39 is 0 Å². The molecule has 2 unspecified atom stereocenters. The Morgan fingerprint density at radius 2 is 1.84 bits per heavy atom. The summed E-state index contributed by atoms with van der Waals surface area (Å²) in [7, 11) is 1.93. The normalized spacial score (nSPS) is 34.3. The van der Waals surface area contributed by atoms with E-state index in [1.54, 1.807) is 5.01 Å². The fourth-order valence-corrected chi connectivity index (χ4v) is 4.91. The summed E-state index contributed by atoms with van der Waals surface area (Å²) in [5.74, 6) is 14.8. The van der Waals surface area contributed by atoms with Crippen molar-refractivity contribution in [1.29, 1.82) is 0 Å². The van der Waals surface area contributed by atoms with Gasteiger partial charge in [-0.2, -0.15) is 4.99 Å². The predicted molar refractivity (Wildman–Crippen MR) is 102 cm³/mol. The maximum absolute atomic E-state index is 6.44. The van der Waals surface area contributed by atoms with E-state index in [0.717, 1.165) is 31.6 Å². The molecule has 0 radical (unpaired) electrons. The minimum Gasteiger partial charge on any atom is -0.292 e. The summed E-state index contributed by atoms with van der Waals surface area (Å²) >= 11 is 0. The lowest BCUT2D eigenvalue weighted by atomic mass is 9.82. The number of aliphatic imine (C=N–C) groups is 1. The average Bonchev–Trinajstić information content (AvgIpc) is 2.92. The van der Waals surface area contributed by atoms with Crippen molar-refractivity contribution in [2.75, 3.05) is 7.05 Å². The summed E-state index contributed by atoms with van der Waals surface area (Å²) in [6, 6.07) is 1.02. The van der Waals surface area contributed by atoms with Crippen molar-refractivity contribution in [3.63, 3.8) is 0 Å². The van der Waals surface area contributed by atoms with Crippen molar-refractivity contribution in [3.8, 4) is 0 Å². The third kappa shape index (κ3) is 3.50. The highest BCUT2D eigenvalue weighted by atomic mass is 15.7. The number of nitrogens with one attached hydrogen (secondary N) is 1. The lowest BCUT2D eigenvalue weighted by Crippen LogP contribution is -2.48. The molecule has 0 spiro atoms. The number of rotatable bonds is 5. The van der Waals surface area contributed by atoms with Crippen LogP contribution in [0.25, 0.3) is 0 Å². The highest BCUT2D eigenvalue weighted by Gasteiger charge is 2.44. The molecule has 7 nitrogen and oxygen atoms in total. The first-order chi connectivity index (χ1) is 12.1. The maximum Gasteiger partial charge on any atom is 0.233 e. The monoisotopic (exact) mass is 349 g/mol. The second-order valence-corrected chi connectivity index (χ2v) is 7.68. The Bertz CT molecular complexity index is 506. The number of nitrogens with zero attached hydrogens (tertiary/aromatic N) is 4. The SMILES string of the molecule is C=C(/N=C1\N(N)C2CCCC[C@@H]2N1NC)N(N)C1CCCC[C@@H]1CC. The number of hydrogen-bond acceptors (Lipinski definition) is 5. The molecule has 1 heterocycles. The topological polar surface area (TPSA) is 86.2 Å². The van der Waals surface area contributed by atoms with Gasteiger partial charge in [0.05, 0.1) is 12.1 Å². The van der Waals surface area contributed by atoms with Crippen molar-refractivity contribution in [2.45, 2.75) is 82.8 Å². The van der Waals surface area contributed by atoms with Crippen LogP contribution in [0.15, 0.2) is 17.4 Å². The van der Waals surface area contributed by atoms with E-state index in [2.05, 4.69) is 23.9 Å². The number of guanidine groups is 1. The maximum atomic E-state index is 6.44. The van der Waals surface area contributed by atoms with Gasteiger partial charge < -0.3 is 0 Å². The van der Waals surface area contributed by atoms with Crippen molar-refractivity contribution >= 4 is 5.96 Å². The lowest BCUT2D eigenvalue weighted by Gasteiger charge is -2.38. The molecule has 25 heavy (non-hydrogen) atoms. The van der Waals surface area contributed by atoms with Gasteiger partial charge in [-0.05, 0) is 31.6 Å². The molecule has 142 valence electrons. The first-order valence-electron chi connectivity index (χ1n) is 9.90. The molecule has 0 aromatic carbocycles. The van der Waals surface area contributed by atoms with Crippen LogP contribution in [0.2, 0.25) is 0 Å². The molecule has 5 N–H and O–H groups in total. The highest BCUT2D eigenvalue weighted by molar-refractivity contribution is 5.83. The molecule has 7 heteroatoms. The molecule has 0 bridgehead atoms. The fraction of sp³-hybridized carbons (Fsp3) is 0.833. The molecular weight excluding hydrogens is 314 g/mol. The second kappa shape index (κ2) is 7.93. The van der Waals surface area contributed by atoms with Crippen LogP contribution in [0.3, 0.4) is 0 Å². The van der Waals surface area contributed by atoms with Gasteiger partial charge in [0, 0.05) is 13.1 Å². The van der Waals surface area contributed by atoms with Gasteiger partial charge in [-0.1, -0.05) is 45.6 Å². The molecule has 2 saturated carbocycles. The summed E-state index contributed by atoms with van der Waals surface area (Å²) in [4.78, 5) is 4.76. The first kappa shape index (κ1) is 18.5. The van der Waals surface area contributed by atoms with Crippen LogP contribution < -0.4 is 17.1 Å². The molecule has 2 aliphatic carbocycles. The van der Waals surface area contributed by atoms with Crippen molar-refractivity contribution in [2.24, 2.45) is 22.6 Å². The molecule has 0 aromatic rings. The Morgan fingerprint density at radius 1 is 1.20 bits per heavy atom. The van der Waals surface area contributed by atoms with Crippen LogP contribution in [-0.2, 0) is 0 Å². The summed E-state index contributed by atoms with van der Waals surface area (Å²) in [5.41, 5.74) is 3.27. The zero-order chi connectivity index (χ0) is 18.0. The number of hydrazine groups is 3. The van der Waals surface area contributed by atoms with E-state index >= 15 is 0 Å². The van der Waals surface area contributed by atoms with Gasteiger partial charge >= 0.3 is 0 Å². The van der Waals surface area contributed by atoms with Crippen LogP contribution in [-0.4, -0.2) is 46.2 Å². The van der Waals surface area contributed by atoms with Crippen LogP contribution >= 0.6 is 0 Å². The van der Waals surface area contributed by atoms with E-state index in [1.165, 1.54) is 32.1 Å². The summed E-state index contributed by atoms with van der Waals surface area (Å²) in [6.45, 7) is 6.41. The third-order valence-corrected chi connectivity index (χ3v) is 6.35. The highest BCUT2D eigenvalue weighted by Crippen LogP contribution is 2.33. The van der Waals surface area contributed by atoms with Crippen molar-refractivity contribution in [1.82, 2.24) is 20.5 Å². The quantitative estimate of drug-likeness (QED) is 0.519. The van der Waals surface area contributed by atoms with E-state index in [9.17, 15) is 0 Å². The molecule has 3 aliphatic rings. The number of hydrogen-bond donors (Lipinski definition) is 3. The van der Waals surface area contributed by atoms with E-state index in [4.69, 9.17) is 16.7 Å². The Kier molecular flexibility index (Phi) is 5.86. The standard InChI is InChI=1S/C18H35N7/c1-4-14-9-5-6-10-15(14)23(19)13(2)22-18-24(20)16-11-7-8-12-17(16)25(18)21-3/h14-17,21H,2,4-12,19-20H2,1,3H3/b22-18+/t14-,15?,16?,17-/m0/s1. The van der Waals surface area contributed by atoms with Gasteiger partial charge in [-0.15, -0.1) is 0 Å². The van der Waals surface area contributed by atoms with E-state index in [-0.39, 0.29) is 0 Å². The van der Waals surface area contributed by atoms with Crippen LogP contribution in [0, 0.1) is 5.92 Å². The van der Waals surface area contributed by atoms with Crippen LogP contribution in [0.4, 0.5) is 0 Å². The smallest absolute Gasteiger partial charge is 0.233 e. The third-order valence-electron chi connectivity index (χ3n) is 6.35. The summed E-state index contributed by atoms with van der Waals surface area (Å²) < 4.78 is 0. The molecule has 0 aromatic heterocycles. The minimum absolute atomic E-state index is 0.317. The van der Waals surface area contributed by atoms with Crippen LogP contribution in [0.1, 0.15) is 64.7 Å². The zero-order valence-electron chi connectivity index (χ0n) is 15.8. The molecule has 1 saturated heterocycles.